The van der Waals surface area contributed by atoms with Gasteiger partial charge in [-0.15, -0.1) is 6.58 Å². The Balaban J connectivity index is 2.07. The number of carbonyl (C=O) groups is 1. The summed E-state index contributed by atoms with van der Waals surface area (Å²) in [6, 6.07) is 0. The maximum absolute atomic E-state index is 12.6. The summed E-state index contributed by atoms with van der Waals surface area (Å²) in [5.41, 5.74) is 4.67. The van der Waals surface area contributed by atoms with Crippen molar-refractivity contribution in [1.82, 2.24) is 0 Å². The predicted octanol–water partition coefficient (Wildman–Crippen LogP) is 4.99. The number of allylic oxidation sites excluding steroid dienone is 4. The highest BCUT2D eigenvalue weighted by atomic mass is 16.5. The number of esters is 1. The van der Waals surface area contributed by atoms with Crippen LogP contribution in [0.25, 0.3) is 0 Å². The molecule has 0 radical (unpaired) electrons. The zero-order valence-electron chi connectivity index (χ0n) is 14.5. The Morgan fingerprint density at radius 1 is 1.41 bits per heavy atom. The molecular weight excluding hydrogens is 272 g/mol. The summed E-state index contributed by atoms with van der Waals surface area (Å²) >= 11 is 0. The van der Waals surface area contributed by atoms with Crippen molar-refractivity contribution in [1.29, 1.82) is 0 Å². The molecule has 0 aliphatic heterocycles. The molecule has 2 aliphatic rings. The third-order valence-corrected chi connectivity index (χ3v) is 5.10. The molecule has 0 amide bonds. The lowest BCUT2D eigenvalue weighted by atomic mass is 10.1. The molecule has 0 bridgehead atoms. The van der Waals surface area contributed by atoms with Gasteiger partial charge in [-0.25, -0.2) is 0 Å². The molecule has 0 saturated heterocycles. The first-order valence-corrected chi connectivity index (χ1v) is 8.04. The van der Waals surface area contributed by atoms with E-state index in [1.54, 1.807) is 0 Å². The van der Waals surface area contributed by atoms with Crippen LogP contribution in [-0.4, -0.2) is 12.1 Å². The lowest BCUT2D eigenvalue weighted by molar-refractivity contribution is -0.149. The smallest absolute Gasteiger partial charge is 0.310 e. The minimum Gasteiger partial charge on any atom is -0.457 e. The zero-order valence-corrected chi connectivity index (χ0v) is 14.5. The quantitative estimate of drug-likeness (QED) is 0.528. The Bertz CT molecular complexity index is 571. The standard InChI is InChI=1S/C20H28O2/c1-8-9-15-13(4)11-17(14(15)5)22-19(21)18-16(10-12(2)3)20(18,6)7/h8,10,16-18H,1,4,9,11H2,2-3,5-7H3/t16-,17-,18-/m1/s1. The maximum atomic E-state index is 12.6. The number of hydrogen-bond acceptors (Lipinski definition) is 2. The molecule has 2 aliphatic carbocycles. The van der Waals surface area contributed by atoms with Crippen molar-refractivity contribution in [2.24, 2.45) is 17.3 Å². The molecule has 0 N–H and O–H groups in total. The Labute approximate surface area is 134 Å². The molecule has 2 rings (SSSR count). The van der Waals surface area contributed by atoms with Gasteiger partial charge < -0.3 is 4.74 Å². The Hall–Kier alpha value is -1.57. The highest BCUT2D eigenvalue weighted by Gasteiger charge is 2.61. The largest absolute Gasteiger partial charge is 0.457 e. The fourth-order valence-corrected chi connectivity index (χ4v) is 3.56. The SMILES string of the molecule is C=CCC1=C(C)[C@H](OC(=O)[C@H]2[C@@H](C=C(C)C)C2(C)C)CC1=C. The first-order valence-electron chi connectivity index (χ1n) is 8.04. The molecule has 120 valence electrons. The van der Waals surface area contributed by atoms with Crippen LogP contribution in [0, 0.1) is 17.3 Å². The van der Waals surface area contributed by atoms with Gasteiger partial charge in [-0.1, -0.05) is 38.2 Å². The van der Waals surface area contributed by atoms with E-state index in [9.17, 15) is 4.79 Å². The molecule has 3 atom stereocenters. The average molecular weight is 300 g/mol. The maximum Gasteiger partial charge on any atom is 0.310 e. The minimum atomic E-state index is -0.140. The summed E-state index contributed by atoms with van der Waals surface area (Å²) in [5.74, 6) is 0.211. The van der Waals surface area contributed by atoms with Gasteiger partial charge >= 0.3 is 5.97 Å². The van der Waals surface area contributed by atoms with Crippen LogP contribution >= 0.6 is 0 Å². The fraction of sp³-hybridized carbons (Fsp3) is 0.550. The van der Waals surface area contributed by atoms with Gasteiger partial charge in [-0.2, -0.15) is 0 Å². The second-order valence-corrected chi connectivity index (χ2v) is 7.46. The van der Waals surface area contributed by atoms with Crippen molar-refractivity contribution >= 4 is 5.97 Å². The third kappa shape index (κ3) is 2.97. The van der Waals surface area contributed by atoms with E-state index in [2.05, 4.69) is 46.9 Å². The first kappa shape index (κ1) is 16.8. The van der Waals surface area contributed by atoms with E-state index in [1.807, 2.05) is 13.0 Å². The average Bonchev–Trinajstić information content (AvgIpc) is 2.83. The molecular formula is C20H28O2. The van der Waals surface area contributed by atoms with E-state index in [0.29, 0.717) is 5.92 Å². The Kier molecular flexibility index (Phi) is 4.51. The van der Waals surface area contributed by atoms with Gasteiger partial charge in [0.15, 0.2) is 0 Å². The van der Waals surface area contributed by atoms with E-state index in [1.165, 1.54) is 11.1 Å². The lowest BCUT2D eigenvalue weighted by Crippen LogP contribution is -2.20. The second-order valence-electron chi connectivity index (χ2n) is 7.46. The zero-order chi connectivity index (χ0) is 16.7. The highest BCUT2D eigenvalue weighted by Crippen LogP contribution is 2.60. The topological polar surface area (TPSA) is 26.3 Å². The Morgan fingerprint density at radius 3 is 2.59 bits per heavy atom. The predicted molar refractivity (Wildman–Crippen MR) is 91.3 cm³/mol. The van der Waals surface area contributed by atoms with Crippen LogP contribution in [0.5, 0.6) is 0 Å². The molecule has 22 heavy (non-hydrogen) atoms. The summed E-state index contributed by atoms with van der Waals surface area (Å²) < 4.78 is 5.82. The monoisotopic (exact) mass is 300 g/mol. The minimum absolute atomic E-state index is 0.00549. The van der Waals surface area contributed by atoms with Crippen molar-refractivity contribution in [3.63, 3.8) is 0 Å². The summed E-state index contributed by atoms with van der Waals surface area (Å²) in [7, 11) is 0. The summed E-state index contributed by atoms with van der Waals surface area (Å²) in [4.78, 5) is 12.6. The van der Waals surface area contributed by atoms with Gasteiger partial charge in [0.05, 0.1) is 5.92 Å². The van der Waals surface area contributed by atoms with Crippen LogP contribution in [-0.2, 0) is 9.53 Å². The molecule has 0 heterocycles. The van der Waals surface area contributed by atoms with E-state index in [-0.39, 0.29) is 23.4 Å². The van der Waals surface area contributed by atoms with Crippen molar-refractivity contribution in [3.8, 4) is 0 Å². The van der Waals surface area contributed by atoms with Crippen LogP contribution in [0.2, 0.25) is 0 Å². The van der Waals surface area contributed by atoms with Crippen LogP contribution in [0.4, 0.5) is 0 Å². The molecule has 2 heteroatoms. The molecule has 1 fully saturated rings. The third-order valence-electron chi connectivity index (χ3n) is 5.10. The van der Waals surface area contributed by atoms with Crippen molar-refractivity contribution in [2.45, 2.75) is 53.6 Å². The first-order chi connectivity index (χ1) is 10.2. The fourth-order valence-electron chi connectivity index (χ4n) is 3.56. The summed E-state index contributed by atoms with van der Waals surface area (Å²) in [5, 5.41) is 0. The number of ether oxygens (including phenoxy) is 1. The number of carbonyl (C=O) groups excluding carboxylic acids is 1. The van der Waals surface area contributed by atoms with Gasteiger partial charge in [0, 0.05) is 6.42 Å². The number of hydrogen-bond donors (Lipinski definition) is 0. The van der Waals surface area contributed by atoms with Crippen LogP contribution in [0.3, 0.4) is 0 Å². The Morgan fingerprint density at radius 2 is 2.05 bits per heavy atom. The number of rotatable bonds is 5. The normalized spacial score (nSPS) is 29.3. The van der Waals surface area contributed by atoms with Crippen LogP contribution in [0.15, 0.2) is 47.6 Å². The molecule has 0 unspecified atom stereocenters. The summed E-state index contributed by atoms with van der Waals surface area (Å²) in [6.07, 6.45) is 5.46. The van der Waals surface area contributed by atoms with Gasteiger partial charge in [0.2, 0.25) is 0 Å². The lowest BCUT2D eigenvalue weighted by Gasteiger charge is -2.14. The van der Waals surface area contributed by atoms with Gasteiger partial charge in [0.25, 0.3) is 0 Å². The molecule has 0 aromatic heterocycles. The van der Waals surface area contributed by atoms with Crippen LogP contribution in [0.1, 0.15) is 47.5 Å². The summed E-state index contributed by atoms with van der Waals surface area (Å²) in [6.45, 7) is 18.4. The molecule has 1 saturated carbocycles. The molecule has 0 spiro atoms. The molecule has 0 aromatic carbocycles. The van der Waals surface area contributed by atoms with E-state index >= 15 is 0 Å². The highest BCUT2D eigenvalue weighted by molar-refractivity contribution is 5.79. The van der Waals surface area contributed by atoms with Crippen molar-refractivity contribution in [2.75, 3.05) is 0 Å². The molecule has 2 nitrogen and oxygen atoms in total. The van der Waals surface area contributed by atoms with Gasteiger partial charge in [-0.05, 0) is 55.2 Å². The van der Waals surface area contributed by atoms with Crippen LogP contribution < -0.4 is 0 Å². The van der Waals surface area contributed by atoms with Gasteiger partial charge in [-0.3, -0.25) is 4.79 Å². The molecule has 0 aromatic rings. The van der Waals surface area contributed by atoms with E-state index in [0.717, 1.165) is 24.0 Å². The van der Waals surface area contributed by atoms with Crippen molar-refractivity contribution in [3.05, 3.63) is 47.6 Å². The van der Waals surface area contributed by atoms with Crippen molar-refractivity contribution < 1.29 is 9.53 Å². The van der Waals surface area contributed by atoms with Gasteiger partial charge in [0.1, 0.15) is 6.10 Å². The second kappa shape index (κ2) is 5.91. The van der Waals surface area contributed by atoms with E-state index in [4.69, 9.17) is 4.74 Å². The van der Waals surface area contributed by atoms with E-state index < -0.39 is 0 Å².